The highest BCUT2D eigenvalue weighted by Crippen LogP contribution is 2.09. The fraction of sp³-hybridized carbons (Fsp3) is 0.357. The maximum atomic E-state index is 12.1. The number of carbonyl (C=O) groups is 2. The standard InChI is InChI=1S/C14H17N3O3/c1-3-4-11(14(19)20)16-13(18)10-5-6-17-8-9(2)15-12(17)7-10/h5-8,11H,3-4H2,1-2H3,(H,16,18)(H,19,20). The van der Waals surface area contributed by atoms with Gasteiger partial charge in [0.2, 0.25) is 0 Å². The van der Waals surface area contributed by atoms with Crippen LogP contribution < -0.4 is 5.32 Å². The van der Waals surface area contributed by atoms with Crippen LogP contribution in [-0.2, 0) is 4.79 Å². The Balaban J connectivity index is 2.19. The van der Waals surface area contributed by atoms with Gasteiger partial charge in [-0.2, -0.15) is 0 Å². The van der Waals surface area contributed by atoms with Crippen molar-refractivity contribution in [3.8, 4) is 0 Å². The highest BCUT2D eigenvalue weighted by Gasteiger charge is 2.19. The van der Waals surface area contributed by atoms with Crippen LogP contribution in [0.15, 0.2) is 24.5 Å². The van der Waals surface area contributed by atoms with Crippen molar-refractivity contribution in [2.45, 2.75) is 32.7 Å². The van der Waals surface area contributed by atoms with Crippen molar-refractivity contribution in [1.29, 1.82) is 0 Å². The average Bonchev–Trinajstić information content (AvgIpc) is 2.76. The van der Waals surface area contributed by atoms with Gasteiger partial charge < -0.3 is 14.8 Å². The van der Waals surface area contributed by atoms with Crippen molar-refractivity contribution in [1.82, 2.24) is 14.7 Å². The molecule has 106 valence electrons. The molecule has 6 heteroatoms. The van der Waals surface area contributed by atoms with E-state index < -0.39 is 17.9 Å². The lowest BCUT2D eigenvalue weighted by atomic mass is 10.1. The fourth-order valence-electron chi connectivity index (χ4n) is 2.04. The van der Waals surface area contributed by atoms with E-state index in [0.29, 0.717) is 24.1 Å². The monoisotopic (exact) mass is 275 g/mol. The minimum Gasteiger partial charge on any atom is -0.480 e. The summed E-state index contributed by atoms with van der Waals surface area (Å²) in [5.74, 6) is -1.41. The number of nitrogens with one attached hydrogen (secondary N) is 1. The minimum absolute atomic E-state index is 0.394. The number of rotatable bonds is 5. The van der Waals surface area contributed by atoms with Crippen molar-refractivity contribution >= 4 is 17.5 Å². The molecule has 2 N–H and O–H groups in total. The van der Waals surface area contributed by atoms with Gasteiger partial charge in [-0.15, -0.1) is 0 Å². The second-order valence-corrected chi connectivity index (χ2v) is 4.72. The van der Waals surface area contributed by atoms with Gasteiger partial charge in [0.1, 0.15) is 11.7 Å². The van der Waals surface area contributed by atoms with Crippen molar-refractivity contribution in [2.24, 2.45) is 0 Å². The highest BCUT2D eigenvalue weighted by atomic mass is 16.4. The van der Waals surface area contributed by atoms with E-state index in [-0.39, 0.29) is 0 Å². The van der Waals surface area contributed by atoms with E-state index in [9.17, 15) is 9.59 Å². The minimum atomic E-state index is -1.02. The van der Waals surface area contributed by atoms with Gasteiger partial charge in [-0.05, 0) is 25.5 Å². The largest absolute Gasteiger partial charge is 0.480 e. The predicted molar refractivity (Wildman–Crippen MR) is 73.7 cm³/mol. The molecular weight excluding hydrogens is 258 g/mol. The van der Waals surface area contributed by atoms with Gasteiger partial charge in [0, 0.05) is 18.0 Å². The number of carbonyl (C=O) groups excluding carboxylic acids is 1. The molecular formula is C14H17N3O3. The van der Waals surface area contributed by atoms with Crippen LogP contribution in [0.2, 0.25) is 0 Å². The Morgan fingerprint density at radius 2 is 2.25 bits per heavy atom. The maximum absolute atomic E-state index is 12.1. The van der Waals surface area contributed by atoms with Crippen molar-refractivity contribution in [2.75, 3.05) is 0 Å². The molecule has 2 aromatic heterocycles. The molecule has 1 amide bonds. The number of aliphatic carboxylic acids is 1. The summed E-state index contributed by atoms with van der Waals surface area (Å²) in [5.41, 5.74) is 1.93. The van der Waals surface area contributed by atoms with E-state index in [1.165, 1.54) is 0 Å². The molecule has 0 radical (unpaired) electrons. The van der Waals surface area contributed by atoms with Crippen LogP contribution in [-0.4, -0.2) is 32.4 Å². The molecule has 1 atom stereocenters. The third kappa shape index (κ3) is 2.96. The summed E-state index contributed by atoms with van der Waals surface area (Å²) in [6.07, 6.45) is 4.69. The number of hydrogen-bond donors (Lipinski definition) is 2. The van der Waals surface area contributed by atoms with E-state index in [4.69, 9.17) is 5.11 Å². The van der Waals surface area contributed by atoms with Gasteiger partial charge in [-0.3, -0.25) is 4.79 Å². The molecule has 0 aliphatic heterocycles. The molecule has 1 unspecified atom stereocenters. The van der Waals surface area contributed by atoms with E-state index in [1.54, 1.807) is 18.3 Å². The molecule has 0 aliphatic carbocycles. The van der Waals surface area contributed by atoms with Gasteiger partial charge in [-0.1, -0.05) is 13.3 Å². The Bertz CT molecular complexity index is 648. The molecule has 0 aliphatic rings. The molecule has 0 saturated carbocycles. The number of aryl methyl sites for hydroxylation is 1. The lowest BCUT2D eigenvalue weighted by Crippen LogP contribution is -2.40. The summed E-state index contributed by atoms with van der Waals surface area (Å²) in [7, 11) is 0. The van der Waals surface area contributed by atoms with E-state index in [1.807, 2.05) is 24.4 Å². The molecule has 2 heterocycles. The van der Waals surface area contributed by atoms with Crippen LogP contribution in [0.1, 0.15) is 35.8 Å². The second kappa shape index (κ2) is 5.73. The summed E-state index contributed by atoms with van der Waals surface area (Å²) in [4.78, 5) is 27.4. The quantitative estimate of drug-likeness (QED) is 0.868. The normalized spacial score (nSPS) is 12.3. The highest BCUT2D eigenvalue weighted by molar-refractivity contribution is 5.97. The molecule has 0 saturated heterocycles. The first-order valence-corrected chi connectivity index (χ1v) is 6.50. The zero-order valence-corrected chi connectivity index (χ0v) is 11.5. The van der Waals surface area contributed by atoms with Crippen LogP contribution in [0.3, 0.4) is 0 Å². The maximum Gasteiger partial charge on any atom is 0.326 e. The Kier molecular flexibility index (Phi) is 4.02. The first kappa shape index (κ1) is 14.0. The summed E-state index contributed by atoms with van der Waals surface area (Å²) in [6.45, 7) is 3.75. The Morgan fingerprint density at radius 3 is 2.90 bits per heavy atom. The third-order valence-corrected chi connectivity index (χ3v) is 3.02. The lowest BCUT2D eigenvalue weighted by molar-refractivity contribution is -0.139. The summed E-state index contributed by atoms with van der Waals surface area (Å²) < 4.78 is 1.81. The van der Waals surface area contributed by atoms with E-state index in [2.05, 4.69) is 10.3 Å². The number of nitrogens with zero attached hydrogens (tertiary/aromatic N) is 2. The SMILES string of the molecule is CCCC(NC(=O)c1ccn2cc(C)nc2c1)C(=O)O. The summed E-state index contributed by atoms with van der Waals surface area (Å²) >= 11 is 0. The zero-order valence-electron chi connectivity index (χ0n) is 11.5. The van der Waals surface area contributed by atoms with Crippen LogP contribution in [0.4, 0.5) is 0 Å². The Labute approximate surface area is 116 Å². The van der Waals surface area contributed by atoms with Crippen LogP contribution in [0, 0.1) is 6.92 Å². The summed E-state index contributed by atoms with van der Waals surface area (Å²) in [5, 5.41) is 11.6. The first-order chi connectivity index (χ1) is 9.51. The van der Waals surface area contributed by atoms with Gasteiger partial charge in [0.25, 0.3) is 5.91 Å². The number of fused-ring (bicyclic) bond motifs is 1. The van der Waals surface area contributed by atoms with Crippen LogP contribution >= 0.6 is 0 Å². The lowest BCUT2D eigenvalue weighted by Gasteiger charge is -2.13. The molecule has 0 fully saturated rings. The van der Waals surface area contributed by atoms with Crippen molar-refractivity contribution < 1.29 is 14.7 Å². The number of carboxylic acid groups (broad SMARTS) is 1. The van der Waals surface area contributed by atoms with Crippen molar-refractivity contribution in [3.63, 3.8) is 0 Å². The van der Waals surface area contributed by atoms with Gasteiger partial charge >= 0.3 is 5.97 Å². The van der Waals surface area contributed by atoms with E-state index >= 15 is 0 Å². The number of amides is 1. The molecule has 2 aromatic rings. The second-order valence-electron chi connectivity index (χ2n) is 4.72. The predicted octanol–water partition coefficient (Wildman–Crippen LogP) is 1.63. The van der Waals surface area contributed by atoms with Crippen LogP contribution in [0.25, 0.3) is 5.65 Å². The van der Waals surface area contributed by atoms with Gasteiger partial charge in [-0.25, -0.2) is 9.78 Å². The van der Waals surface area contributed by atoms with Gasteiger partial charge in [0.05, 0.1) is 5.69 Å². The number of hydrogen-bond acceptors (Lipinski definition) is 3. The first-order valence-electron chi connectivity index (χ1n) is 6.50. The number of aromatic nitrogens is 2. The number of pyridine rings is 1. The third-order valence-electron chi connectivity index (χ3n) is 3.02. The molecule has 20 heavy (non-hydrogen) atoms. The summed E-state index contributed by atoms with van der Waals surface area (Å²) in [6, 6.07) is 2.44. The zero-order chi connectivity index (χ0) is 14.7. The smallest absolute Gasteiger partial charge is 0.326 e. The molecule has 0 aromatic carbocycles. The van der Waals surface area contributed by atoms with E-state index in [0.717, 1.165) is 5.69 Å². The Hall–Kier alpha value is -2.37. The number of imidazole rings is 1. The fourth-order valence-corrected chi connectivity index (χ4v) is 2.04. The molecule has 0 spiro atoms. The number of carboxylic acids is 1. The molecule has 6 nitrogen and oxygen atoms in total. The average molecular weight is 275 g/mol. The van der Waals surface area contributed by atoms with Gasteiger partial charge in [0.15, 0.2) is 0 Å². The van der Waals surface area contributed by atoms with Crippen molar-refractivity contribution in [3.05, 3.63) is 35.8 Å². The molecule has 2 rings (SSSR count). The Morgan fingerprint density at radius 1 is 1.50 bits per heavy atom. The molecule has 0 bridgehead atoms. The topological polar surface area (TPSA) is 83.7 Å². The van der Waals surface area contributed by atoms with Crippen LogP contribution in [0.5, 0.6) is 0 Å².